The number of hydrogen-bond donors (Lipinski definition) is 3. The van der Waals surface area contributed by atoms with Crippen LogP contribution in [0.1, 0.15) is 351 Å². The Morgan fingerprint density at radius 3 is 0.689 bits per heavy atom. The van der Waals surface area contributed by atoms with Gasteiger partial charge in [-0.1, -0.05) is 299 Å². The lowest BCUT2D eigenvalue weighted by Gasteiger charge is -2.21. The fourth-order valence-corrected chi connectivity index (χ4v) is 12.2. The number of phosphoric acid groups is 2. The van der Waals surface area contributed by atoms with E-state index >= 15 is 0 Å². The van der Waals surface area contributed by atoms with Crippen molar-refractivity contribution in [2.45, 2.75) is 369 Å². The molecule has 5 atom stereocenters. The Morgan fingerprint density at radius 1 is 0.278 bits per heavy atom. The van der Waals surface area contributed by atoms with E-state index in [0.717, 1.165) is 114 Å². The summed E-state index contributed by atoms with van der Waals surface area (Å²) in [5.41, 5.74) is 0. The third-order valence-electron chi connectivity index (χ3n) is 16.3. The molecule has 0 aromatic heterocycles. The minimum absolute atomic E-state index is 0.104. The standard InChI is InChI=1S/C71H138O17P2/c1-61(2)47-39-31-23-15-12-10-9-11-13-17-27-35-43-51-68(73)81-57-67(88-71(76)54-46-38-30-22-20-26-34-42-50-64(7)8)60-86-90(79,80)84-56-65(72)55-83-89(77,78)85-59-66(58-82-69(74)52-44-36-28-21-19-25-33-41-49-63(5)6)87-70(75)53-45-37-29-18-14-16-24-32-40-48-62(3)4/h61-67,72H,9-60H2,1-8H3,(H,77,78)(H,79,80)/t65?,66-,67-/m1/s1. The Morgan fingerprint density at radius 2 is 0.467 bits per heavy atom. The first kappa shape index (κ1) is 88.1. The number of phosphoric ester groups is 2. The van der Waals surface area contributed by atoms with Crippen LogP contribution in [0.5, 0.6) is 0 Å². The highest BCUT2D eigenvalue weighted by molar-refractivity contribution is 7.47. The lowest BCUT2D eigenvalue weighted by Crippen LogP contribution is -2.30. The second kappa shape index (κ2) is 60.7. The molecule has 17 nitrogen and oxygen atoms in total. The van der Waals surface area contributed by atoms with Gasteiger partial charge < -0.3 is 33.8 Å². The van der Waals surface area contributed by atoms with Gasteiger partial charge in [0.25, 0.3) is 0 Å². The van der Waals surface area contributed by atoms with Gasteiger partial charge in [-0.3, -0.25) is 37.3 Å². The van der Waals surface area contributed by atoms with E-state index in [4.69, 9.17) is 37.0 Å². The van der Waals surface area contributed by atoms with Crippen molar-refractivity contribution in [3.05, 3.63) is 0 Å². The van der Waals surface area contributed by atoms with E-state index < -0.39 is 97.5 Å². The fourth-order valence-electron chi connectivity index (χ4n) is 10.7. The molecule has 0 aliphatic rings. The Bertz CT molecular complexity index is 1780. The van der Waals surface area contributed by atoms with Crippen molar-refractivity contribution in [1.82, 2.24) is 0 Å². The van der Waals surface area contributed by atoms with Gasteiger partial charge >= 0.3 is 39.5 Å². The zero-order chi connectivity index (χ0) is 66.8. The monoisotopic (exact) mass is 1320 g/mol. The van der Waals surface area contributed by atoms with E-state index in [1.54, 1.807) is 0 Å². The van der Waals surface area contributed by atoms with E-state index in [0.29, 0.717) is 25.7 Å². The largest absolute Gasteiger partial charge is 0.472 e. The van der Waals surface area contributed by atoms with Crippen LogP contribution in [0.15, 0.2) is 0 Å². The van der Waals surface area contributed by atoms with Crippen LogP contribution in [0.4, 0.5) is 0 Å². The van der Waals surface area contributed by atoms with Crippen molar-refractivity contribution in [3.8, 4) is 0 Å². The minimum atomic E-state index is -4.95. The van der Waals surface area contributed by atoms with Gasteiger partial charge in [0.05, 0.1) is 26.4 Å². The average Bonchev–Trinajstić information content (AvgIpc) is 3.19. The summed E-state index contributed by atoms with van der Waals surface area (Å²) in [7, 11) is -9.90. The van der Waals surface area contributed by atoms with Crippen LogP contribution in [0, 0.1) is 23.7 Å². The highest BCUT2D eigenvalue weighted by atomic mass is 31.2. The van der Waals surface area contributed by atoms with Crippen molar-refractivity contribution in [2.24, 2.45) is 23.7 Å². The van der Waals surface area contributed by atoms with E-state index in [1.165, 1.54) is 154 Å². The van der Waals surface area contributed by atoms with Gasteiger partial charge in [-0.05, 0) is 49.4 Å². The quantitative estimate of drug-likeness (QED) is 0.0222. The minimum Gasteiger partial charge on any atom is -0.462 e. The number of aliphatic hydroxyl groups excluding tert-OH is 1. The fraction of sp³-hybridized carbons (Fsp3) is 0.944. The highest BCUT2D eigenvalue weighted by Crippen LogP contribution is 2.45. The number of carbonyl (C=O) groups is 4. The predicted molar refractivity (Wildman–Crippen MR) is 363 cm³/mol. The lowest BCUT2D eigenvalue weighted by molar-refractivity contribution is -0.161. The molecule has 534 valence electrons. The maximum Gasteiger partial charge on any atom is 0.472 e. The summed E-state index contributed by atoms with van der Waals surface area (Å²) in [6.07, 6.45) is 43.1. The Labute approximate surface area is 549 Å². The third kappa shape index (κ3) is 64.8. The van der Waals surface area contributed by atoms with Crippen LogP contribution in [0.3, 0.4) is 0 Å². The molecule has 0 bridgehead atoms. The molecule has 0 heterocycles. The van der Waals surface area contributed by atoms with Crippen LogP contribution in [-0.2, 0) is 65.4 Å². The number of ether oxygens (including phenoxy) is 4. The number of esters is 4. The molecule has 0 radical (unpaired) electrons. The molecule has 3 N–H and O–H groups in total. The highest BCUT2D eigenvalue weighted by Gasteiger charge is 2.30. The molecule has 0 saturated heterocycles. The van der Waals surface area contributed by atoms with Crippen LogP contribution in [-0.4, -0.2) is 96.7 Å². The Kier molecular flexibility index (Phi) is 59.4. The molecule has 0 aromatic rings. The number of hydrogen-bond acceptors (Lipinski definition) is 15. The second-order valence-corrected chi connectivity index (χ2v) is 30.4. The van der Waals surface area contributed by atoms with Crippen LogP contribution < -0.4 is 0 Å². The first-order chi connectivity index (χ1) is 43.1. The summed E-state index contributed by atoms with van der Waals surface area (Å²) in [5, 5.41) is 10.6. The average molecular weight is 1330 g/mol. The summed E-state index contributed by atoms with van der Waals surface area (Å²) >= 11 is 0. The van der Waals surface area contributed by atoms with E-state index in [9.17, 15) is 43.2 Å². The van der Waals surface area contributed by atoms with E-state index in [1.807, 2.05) is 0 Å². The normalized spacial score (nSPS) is 14.3. The molecular formula is C71H138O17P2. The van der Waals surface area contributed by atoms with Crippen LogP contribution in [0.25, 0.3) is 0 Å². The third-order valence-corrected chi connectivity index (χ3v) is 18.2. The first-order valence-corrected chi connectivity index (χ1v) is 39.7. The molecule has 19 heteroatoms. The summed E-state index contributed by atoms with van der Waals surface area (Å²) in [4.78, 5) is 72.6. The van der Waals surface area contributed by atoms with E-state index in [2.05, 4.69) is 55.4 Å². The van der Waals surface area contributed by atoms with Crippen molar-refractivity contribution in [1.29, 1.82) is 0 Å². The number of carbonyl (C=O) groups excluding carboxylic acids is 4. The first-order valence-electron chi connectivity index (χ1n) is 36.7. The predicted octanol–water partition coefficient (Wildman–Crippen LogP) is 20.1. The molecule has 0 spiro atoms. The summed E-state index contributed by atoms with van der Waals surface area (Å²) < 4.78 is 68.3. The van der Waals surface area contributed by atoms with Gasteiger partial charge in [-0.2, -0.15) is 0 Å². The lowest BCUT2D eigenvalue weighted by atomic mass is 10.0. The maximum absolute atomic E-state index is 13.0. The SMILES string of the molecule is CC(C)CCCCCCCCCCCCCCCC(=O)OC[C@H](COP(=O)(O)OCC(O)COP(=O)(O)OC[C@@H](COC(=O)CCCCCCCCCCC(C)C)OC(=O)CCCCCCCCCCCC(C)C)OC(=O)CCCCCCCCCCC(C)C. The second-order valence-electron chi connectivity index (χ2n) is 27.5. The van der Waals surface area contributed by atoms with Gasteiger partial charge in [0, 0.05) is 25.7 Å². The molecule has 3 unspecified atom stereocenters. The topological polar surface area (TPSA) is 237 Å². The summed E-state index contributed by atoms with van der Waals surface area (Å²) in [6, 6.07) is 0. The molecule has 0 aliphatic carbocycles. The molecule has 0 rings (SSSR count). The smallest absolute Gasteiger partial charge is 0.462 e. The number of aliphatic hydroxyl groups is 1. The molecule has 0 aliphatic heterocycles. The Hall–Kier alpha value is -1.94. The van der Waals surface area contributed by atoms with Gasteiger partial charge in [0.1, 0.15) is 19.3 Å². The summed E-state index contributed by atoms with van der Waals surface area (Å²) in [6.45, 7) is 14.1. The van der Waals surface area contributed by atoms with E-state index in [-0.39, 0.29) is 25.7 Å². The van der Waals surface area contributed by atoms with Gasteiger partial charge in [0.15, 0.2) is 12.2 Å². The molecule has 0 amide bonds. The number of unbranched alkanes of at least 4 members (excludes halogenated alkanes) is 34. The van der Waals surface area contributed by atoms with Crippen LogP contribution >= 0.6 is 15.6 Å². The molecular weight excluding hydrogens is 1190 g/mol. The zero-order valence-corrected chi connectivity index (χ0v) is 60.6. The van der Waals surface area contributed by atoms with Crippen molar-refractivity contribution in [3.63, 3.8) is 0 Å². The van der Waals surface area contributed by atoms with Crippen LogP contribution in [0.2, 0.25) is 0 Å². The number of rotatable bonds is 68. The maximum atomic E-state index is 13.0. The zero-order valence-electron chi connectivity index (χ0n) is 58.8. The van der Waals surface area contributed by atoms with Gasteiger partial charge in [-0.15, -0.1) is 0 Å². The van der Waals surface area contributed by atoms with Crippen molar-refractivity contribution in [2.75, 3.05) is 39.6 Å². The van der Waals surface area contributed by atoms with Crippen molar-refractivity contribution >= 4 is 39.5 Å². The van der Waals surface area contributed by atoms with Crippen molar-refractivity contribution < 1.29 is 80.2 Å². The molecule has 90 heavy (non-hydrogen) atoms. The molecule has 0 fully saturated rings. The molecule has 0 saturated carbocycles. The van der Waals surface area contributed by atoms with Gasteiger partial charge in [0.2, 0.25) is 0 Å². The van der Waals surface area contributed by atoms with Gasteiger partial charge in [-0.25, -0.2) is 9.13 Å². The molecule has 0 aromatic carbocycles. The Balaban J connectivity index is 5.24. The summed E-state index contributed by atoms with van der Waals surface area (Å²) in [5.74, 6) is 0.842.